The lowest BCUT2D eigenvalue weighted by molar-refractivity contribution is -0.143. The number of likely N-dealkylation sites (tertiary alicyclic amines) is 1. The summed E-state index contributed by atoms with van der Waals surface area (Å²) in [7, 11) is 0. The van der Waals surface area contributed by atoms with Crippen LogP contribution in [0.25, 0.3) is 0 Å². The number of carbonyl (C=O) groups is 1. The highest BCUT2D eigenvalue weighted by Crippen LogP contribution is 2.33. The molecule has 2 aromatic rings. The molecule has 0 amide bonds. The van der Waals surface area contributed by atoms with Crippen molar-refractivity contribution >= 4 is 5.97 Å². The van der Waals surface area contributed by atoms with Crippen molar-refractivity contribution in [3.05, 3.63) is 65.2 Å². The van der Waals surface area contributed by atoms with Crippen molar-refractivity contribution in [1.82, 2.24) is 9.88 Å². The Morgan fingerprint density at radius 1 is 1.25 bits per heavy atom. The van der Waals surface area contributed by atoms with Crippen LogP contribution >= 0.6 is 0 Å². The fraction of sp³-hybridized carbons (Fsp3) is 0.368. The third-order valence-electron chi connectivity index (χ3n) is 4.74. The molecule has 5 heteroatoms. The van der Waals surface area contributed by atoms with Crippen LogP contribution in [-0.4, -0.2) is 34.0 Å². The lowest BCUT2D eigenvalue weighted by atomic mass is 9.92. The topological polar surface area (TPSA) is 53.4 Å². The van der Waals surface area contributed by atoms with Gasteiger partial charge in [-0.25, -0.2) is 4.39 Å². The van der Waals surface area contributed by atoms with Gasteiger partial charge in [-0.1, -0.05) is 18.2 Å². The number of hydrogen-bond acceptors (Lipinski definition) is 3. The molecule has 1 aromatic heterocycles. The maximum Gasteiger partial charge on any atom is 0.306 e. The summed E-state index contributed by atoms with van der Waals surface area (Å²) in [6.07, 6.45) is 3.01. The molecule has 3 rings (SSSR count). The minimum Gasteiger partial charge on any atom is -0.481 e. The standard InChI is InChI=1S/C19H21FN2O2/c1-13-3-2-10-21-17(13)18(14-4-6-16(20)7-5-14)22-11-8-15(9-12-22)19(23)24/h2-7,10,15,18H,8-9,11-12H2,1H3,(H,23,24). The minimum atomic E-state index is -0.720. The van der Waals surface area contributed by atoms with Crippen molar-refractivity contribution in [3.63, 3.8) is 0 Å². The first kappa shape index (κ1) is 16.6. The molecule has 1 aromatic carbocycles. The number of hydrogen-bond donors (Lipinski definition) is 1. The number of piperidine rings is 1. The van der Waals surface area contributed by atoms with Crippen LogP contribution in [0.5, 0.6) is 0 Å². The van der Waals surface area contributed by atoms with Gasteiger partial charge in [0, 0.05) is 6.20 Å². The van der Waals surface area contributed by atoms with Crippen LogP contribution in [0, 0.1) is 18.7 Å². The summed E-state index contributed by atoms with van der Waals surface area (Å²) in [4.78, 5) is 18.0. The van der Waals surface area contributed by atoms with Gasteiger partial charge in [0.2, 0.25) is 0 Å². The first-order valence-electron chi connectivity index (χ1n) is 8.20. The highest BCUT2D eigenvalue weighted by molar-refractivity contribution is 5.70. The number of rotatable bonds is 4. The van der Waals surface area contributed by atoms with E-state index in [0.29, 0.717) is 25.9 Å². The zero-order valence-corrected chi connectivity index (χ0v) is 13.7. The van der Waals surface area contributed by atoms with Gasteiger partial charge < -0.3 is 5.11 Å². The molecule has 0 aliphatic carbocycles. The van der Waals surface area contributed by atoms with Crippen molar-refractivity contribution in [2.75, 3.05) is 13.1 Å². The third kappa shape index (κ3) is 3.46. The maximum absolute atomic E-state index is 13.3. The molecule has 0 saturated carbocycles. The van der Waals surface area contributed by atoms with Crippen LogP contribution in [0.3, 0.4) is 0 Å². The molecule has 24 heavy (non-hydrogen) atoms. The fourth-order valence-corrected chi connectivity index (χ4v) is 3.38. The Hall–Kier alpha value is -2.27. The first-order chi connectivity index (χ1) is 11.6. The number of aromatic nitrogens is 1. The Morgan fingerprint density at radius 3 is 2.50 bits per heavy atom. The largest absolute Gasteiger partial charge is 0.481 e. The smallest absolute Gasteiger partial charge is 0.306 e. The van der Waals surface area contributed by atoms with Gasteiger partial charge in [0.1, 0.15) is 5.82 Å². The fourth-order valence-electron chi connectivity index (χ4n) is 3.38. The van der Waals surface area contributed by atoms with Crippen LogP contribution in [0.1, 0.15) is 35.7 Å². The molecule has 1 unspecified atom stereocenters. The number of benzene rings is 1. The molecular weight excluding hydrogens is 307 g/mol. The summed E-state index contributed by atoms with van der Waals surface area (Å²) in [6, 6.07) is 10.3. The van der Waals surface area contributed by atoms with E-state index in [2.05, 4.69) is 9.88 Å². The molecule has 1 atom stereocenters. The van der Waals surface area contributed by atoms with E-state index >= 15 is 0 Å². The van der Waals surface area contributed by atoms with Crippen LogP contribution in [-0.2, 0) is 4.79 Å². The monoisotopic (exact) mass is 328 g/mol. The predicted octanol–water partition coefficient (Wildman–Crippen LogP) is 3.42. The van der Waals surface area contributed by atoms with E-state index in [-0.39, 0.29) is 17.8 Å². The van der Waals surface area contributed by atoms with Gasteiger partial charge >= 0.3 is 5.97 Å². The number of carboxylic acids is 1. The highest BCUT2D eigenvalue weighted by Gasteiger charge is 2.31. The molecule has 0 radical (unpaired) electrons. The number of carboxylic acid groups (broad SMARTS) is 1. The number of nitrogens with zero attached hydrogens (tertiary/aromatic N) is 2. The summed E-state index contributed by atoms with van der Waals surface area (Å²) >= 11 is 0. The van der Waals surface area contributed by atoms with Crippen molar-refractivity contribution in [2.45, 2.75) is 25.8 Å². The van der Waals surface area contributed by atoms with E-state index < -0.39 is 5.97 Å². The maximum atomic E-state index is 13.3. The average Bonchev–Trinajstić information content (AvgIpc) is 2.59. The quantitative estimate of drug-likeness (QED) is 0.934. The lowest BCUT2D eigenvalue weighted by Crippen LogP contribution is -2.39. The number of aliphatic carboxylic acids is 1. The van der Waals surface area contributed by atoms with Crippen molar-refractivity contribution in [1.29, 1.82) is 0 Å². The van der Waals surface area contributed by atoms with Gasteiger partial charge in [-0.05, 0) is 62.2 Å². The Morgan fingerprint density at radius 2 is 1.92 bits per heavy atom. The molecule has 2 heterocycles. The van der Waals surface area contributed by atoms with Crippen molar-refractivity contribution in [2.24, 2.45) is 5.92 Å². The second-order valence-electron chi connectivity index (χ2n) is 6.31. The summed E-state index contributed by atoms with van der Waals surface area (Å²) < 4.78 is 13.3. The molecule has 1 aliphatic heterocycles. The van der Waals surface area contributed by atoms with Gasteiger partial charge in [0.25, 0.3) is 0 Å². The second-order valence-corrected chi connectivity index (χ2v) is 6.31. The van der Waals surface area contributed by atoms with Crippen LogP contribution < -0.4 is 0 Å². The average molecular weight is 328 g/mol. The van der Waals surface area contributed by atoms with E-state index in [1.165, 1.54) is 12.1 Å². The summed E-state index contributed by atoms with van der Waals surface area (Å²) in [5, 5.41) is 9.20. The SMILES string of the molecule is Cc1cccnc1C(c1ccc(F)cc1)N1CCC(C(=O)O)CC1. The lowest BCUT2D eigenvalue weighted by Gasteiger charge is -2.37. The van der Waals surface area contributed by atoms with Crippen molar-refractivity contribution in [3.8, 4) is 0 Å². The first-order valence-corrected chi connectivity index (χ1v) is 8.20. The summed E-state index contributed by atoms with van der Waals surface area (Å²) in [6.45, 7) is 3.40. The van der Waals surface area contributed by atoms with E-state index in [9.17, 15) is 14.3 Å². The Bertz CT molecular complexity index is 710. The molecule has 0 bridgehead atoms. The Balaban J connectivity index is 1.93. The molecule has 1 saturated heterocycles. The highest BCUT2D eigenvalue weighted by atomic mass is 19.1. The zero-order valence-electron chi connectivity index (χ0n) is 13.7. The Labute approximate surface area is 141 Å². The second kappa shape index (κ2) is 7.09. The minimum absolute atomic E-state index is 0.0819. The molecule has 1 aliphatic rings. The van der Waals surface area contributed by atoms with Gasteiger partial charge in [0.05, 0.1) is 17.7 Å². The van der Waals surface area contributed by atoms with Crippen molar-refractivity contribution < 1.29 is 14.3 Å². The zero-order chi connectivity index (χ0) is 17.1. The molecule has 4 nitrogen and oxygen atoms in total. The van der Waals surface area contributed by atoms with E-state index in [4.69, 9.17) is 0 Å². The van der Waals surface area contributed by atoms with Gasteiger partial charge in [0.15, 0.2) is 0 Å². The molecule has 1 fully saturated rings. The molecular formula is C19H21FN2O2. The number of halogens is 1. The van der Waals surface area contributed by atoms with Gasteiger partial charge in [-0.3, -0.25) is 14.7 Å². The third-order valence-corrected chi connectivity index (χ3v) is 4.74. The number of aryl methyl sites for hydroxylation is 1. The predicted molar refractivity (Wildman–Crippen MR) is 89.1 cm³/mol. The van der Waals surface area contributed by atoms with E-state index in [1.807, 2.05) is 19.1 Å². The van der Waals surface area contributed by atoms with Gasteiger partial charge in [-0.15, -0.1) is 0 Å². The Kier molecular flexibility index (Phi) is 4.90. The van der Waals surface area contributed by atoms with Crippen LogP contribution in [0.15, 0.2) is 42.6 Å². The summed E-state index contributed by atoms with van der Waals surface area (Å²) in [5.74, 6) is -1.26. The summed E-state index contributed by atoms with van der Waals surface area (Å²) in [5.41, 5.74) is 3.00. The number of pyridine rings is 1. The molecule has 0 spiro atoms. The molecule has 126 valence electrons. The van der Waals surface area contributed by atoms with Crippen LogP contribution in [0.4, 0.5) is 4.39 Å². The molecule has 1 N–H and O–H groups in total. The van der Waals surface area contributed by atoms with Gasteiger partial charge in [-0.2, -0.15) is 0 Å². The van der Waals surface area contributed by atoms with Crippen LogP contribution in [0.2, 0.25) is 0 Å². The van der Waals surface area contributed by atoms with E-state index in [1.54, 1.807) is 18.3 Å². The normalized spacial score (nSPS) is 17.6. The van der Waals surface area contributed by atoms with E-state index in [0.717, 1.165) is 16.8 Å².